The van der Waals surface area contributed by atoms with Crippen LogP contribution in [0.3, 0.4) is 0 Å². The van der Waals surface area contributed by atoms with E-state index < -0.39 is 5.97 Å². The summed E-state index contributed by atoms with van der Waals surface area (Å²) < 4.78 is 0. The number of carbonyl (C=O) groups is 1. The molecule has 0 spiro atoms. The average Bonchev–Trinajstić information content (AvgIpc) is 3.08. The Morgan fingerprint density at radius 1 is 1.18 bits per heavy atom. The molecule has 1 aliphatic rings. The number of hydrogen-bond acceptors (Lipinski definition) is 6. The van der Waals surface area contributed by atoms with Gasteiger partial charge in [0, 0.05) is 10.6 Å². The molecular weight excluding hydrogens is 298 g/mol. The van der Waals surface area contributed by atoms with Crippen molar-refractivity contribution in [2.45, 2.75) is 19.3 Å². The quantitative estimate of drug-likeness (QED) is 0.803. The van der Waals surface area contributed by atoms with Gasteiger partial charge in [0.1, 0.15) is 17.0 Å². The molecule has 0 unspecified atom stereocenters. The Labute approximate surface area is 130 Å². The van der Waals surface area contributed by atoms with Crippen LogP contribution >= 0.6 is 11.3 Å². The van der Waals surface area contributed by atoms with Gasteiger partial charge in [-0.3, -0.25) is 0 Å². The van der Waals surface area contributed by atoms with Crippen LogP contribution in [0.4, 0.5) is 11.5 Å². The van der Waals surface area contributed by atoms with Crippen LogP contribution in [-0.4, -0.2) is 15.9 Å². The van der Waals surface area contributed by atoms with Crippen LogP contribution in [0.15, 0.2) is 30.6 Å². The largest absolute Gasteiger partial charge is 0.545 e. The molecule has 2 aromatic heterocycles. The number of carboxylic acids is 1. The number of rotatable bonds is 3. The number of aryl methyl sites for hydroxylation is 2. The van der Waals surface area contributed by atoms with E-state index in [1.165, 1.54) is 29.0 Å². The third-order valence-corrected chi connectivity index (χ3v) is 5.08. The number of thiophene rings is 1. The summed E-state index contributed by atoms with van der Waals surface area (Å²) >= 11 is 1.74. The molecule has 0 saturated heterocycles. The van der Waals surface area contributed by atoms with E-state index in [-0.39, 0.29) is 5.56 Å². The van der Waals surface area contributed by atoms with Gasteiger partial charge in [-0.2, -0.15) is 0 Å². The van der Waals surface area contributed by atoms with Crippen LogP contribution in [0, 0.1) is 0 Å². The SMILES string of the molecule is O=C([O-])c1ccc(Nc2ncnc3sc4c(c23)CCC4)cc1. The molecule has 4 rings (SSSR count). The van der Waals surface area contributed by atoms with E-state index >= 15 is 0 Å². The van der Waals surface area contributed by atoms with Crippen molar-refractivity contribution in [2.24, 2.45) is 0 Å². The second-order valence-corrected chi connectivity index (χ2v) is 6.33. The minimum Gasteiger partial charge on any atom is -0.545 e. The topological polar surface area (TPSA) is 77.9 Å². The zero-order chi connectivity index (χ0) is 15.1. The van der Waals surface area contributed by atoms with Crippen LogP contribution in [0.1, 0.15) is 27.2 Å². The number of nitrogens with one attached hydrogen (secondary N) is 1. The fourth-order valence-electron chi connectivity index (χ4n) is 2.85. The normalized spacial score (nSPS) is 13.3. The number of fused-ring (bicyclic) bond motifs is 3. The van der Waals surface area contributed by atoms with Gasteiger partial charge in [0.25, 0.3) is 0 Å². The lowest BCUT2D eigenvalue weighted by Gasteiger charge is -2.09. The van der Waals surface area contributed by atoms with Gasteiger partial charge < -0.3 is 15.2 Å². The van der Waals surface area contributed by atoms with Crippen LogP contribution in [-0.2, 0) is 12.8 Å². The molecule has 22 heavy (non-hydrogen) atoms. The lowest BCUT2D eigenvalue weighted by Crippen LogP contribution is -2.21. The molecular formula is C16H12N3O2S-. The van der Waals surface area contributed by atoms with Crippen molar-refractivity contribution in [1.82, 2.24) is 9.97 Å². The molecule has 1 N–H and O–H groups in total. The van der Waals surface area contributed by atoms with Crippen molar-refractivity contribution in [3.05, 3.63) is 46.6 Å². The van der Waals surface area contributed by atoms with Gasteiger partial charge in [0.05, 0.1) is 11.4 Å². The highest BCUT2D eigenvalue weighted by Crippen LogP contribution is 2.39. The first-order valence-electron chi connectivity index (χ1n) is 7.06. The van der Waals surface area contributed by atoms with Gasteiger partial charge in [0.2, 0.25) is 0 Å². The van der Waals surface area contributed by atoms with Gasteiger partial charge in [-0.05, 0) is 42.5 Å². The molecule has 1 aromatic carbocycles. The number of carboxylic acid groups (broad SMARTS) is 1. The van der Waals surface area contributed by atoms with E-state index in [2.05, 4.69) is 15.3 Å². The maximum absolute atomic E-state index is 10.8. The molecule has 110 valence electrons. The fraction of sp³-hybridized carbons (Fsp3) is 0.188. The number of nitrogens with zero attached hydrogens (tertiary/aromatic N) is 2. The highest BCUT2D eigenvalue weighted by atomic mass is 32.1. The predicted molar refractivity (Wildman–Crippen MR) is 83.5 cm³/mol. The summed E-state index contributed by atoms with van der Waals surface area (Å²) in [4.78, 5) is 21.9. The summed E-state index contributed by atoms with van der Waals surface area (Å²) in [5.41, 5.74) is 2.31. The summed E-state index contributed by atoms with van der Waals surface area (Å²) in [7, 11) is 0. The number of aromatic nitrogens is 2. The van der Waals surface area contributed by atoms with Crippen molar-refractivity contribution in [3.8, 4) is 0 Å². The Hall–Kier alpha value is -2.47. The summed E-state index contributed by atoms with van der Waals surface area (Å²) in [6.45, 7) is 0. The Balaban J connectivity index is 1.73. The van der Waals surface area contributed by atoms with Crippen LogP contribution in [0.5, 0.6) is 0 Å². The van der Waals surface area contributed by atoms with Crippen molar-refractivity contribution in [3.63, 3.8) is 0 Å². The average molecular weight is 310 g/mol. The second-order valence-electron chi connectivity index (χ2n) is 5.25. The monoisotopic (exact) mass is 310 g/mol. The summed E-state index contributed by atoms with van der Waals surface area (Å²) in [6, 6.07) is 6.47. The molecule has 3 aromatic rings. The first-order chi connectivity index (χ1) is 10.7. The first-order valence-corrected chi connectivity index (χ1v) is 7.88. The Morgan fingerprint density at radius 2 is 2.00 bits per heavy atom. The highest BCUT2D eigenvalue weighted by molar-refractivity contribution is 7.19. The van der Waals surface area contributed by atoms with Gasteiger partial charge in [-0.25, -0.2) is 9.97 Å². The molecule has 2 heterocycles. The third-order valence-electron chi connectivity index (χ3n) is 3.88. The van der Waals surface area contributed by atoms with E-state index in [1.54, 1.807) is 29.8 Å². The van der Waals surface area contributed by atoms with Gasteiger partial charge in [-0.1, -0.05) is 12.1 Å². The molecule has 0 bridgehead atoms. The molecule has 1 aliphatic carbocycles. The van der Waals surface area contributed by atoms with Gasteiger partial charge in [-0.15, -0.1) is 11.3 Å². The van der Waals surface area contributed by atoms with E-state index in [0.717, 1.165) is 34.6 Å². The van der Waals surface area contributed by atoms with Gasteiger partial charge >= 0.3 is 0 Å². The maximum atomic E-state index is 10.8. The predicted octanol–water partition coefficient (Wildman–Crippen LogP) is 2.29. The zero-order valence-corrected chi connectivity index (χ0v) is 12.4. The number of aromatic carboxylic acids is 1. The van der Waals surface area contributed by atoms with E-state index in [1.807, 2.05) is 0 Å². The molecule has 0 aliphatic heterocycles. The zero-order valence-electron chi connectivity index (χ0n) is 11.6. The second kappa shape index (κ2) is 5.06. The summed E-state index contributed by atoms with van der Waals surface area (Å²) in [5.74, 6) is -0.391. The number of hydrogen-bond donors (Lipinski definition) is 1. The molecule has 6 heteroatoms. The molecule has 0 radical (unpaired) electrons. The van der Waals surface area contributed by atoms with Gasteiger partial charge in [0.15, 0.2) is 0 Å². The van der Waals surface area contributed by atoms with E-state index in [9.17, 15) is 9.90 Å². The number of anilines is 2. The summed E-state index contributed by atoms with van der Waals surface area (Å²) in [5, 5.41) is 15.2. The molecule has 0 fully saturated rings. The standard InChI is InChI=1S/C16H13N3O2S/c20-16(21)9-4-6-10(7-5-9)19-14-13-11-2-1-3-12(11)22-15(13)18-8-17-14/h4-8H,1-3H2,(H,20,21)(H,17,18,19)/p-1. The molecule has 0 amide bonds. The van der Waals surface area contributed by atoms with Crippen molar-refractivity contribution in [2.75, 3.05) is 5.32 Å². The van der Waals surface area contributed by atoms with Crippen molar-refractivity contribution in [1.29, 1.82) is 0 Å². The van der Waals surface area contributed by atoms with E-state index in [0.29, 0.717) is 0 Å². The Bertz CT molecular complexity index is 871. The lowest BCUT2D eigenvalue weighted by atomic mass is 10.1. The minimum absolute atomic E-state index is 0.162. The Kier molecular flexibility index (Phi) is 3.04. The van der Waals surface area contributed by atoms with Crippen LogP contribution in [0.25, 0.3) is 10.2 Å². The maximum Gasteiger partial charge on any atom is 0.142 e. The van der Waals surface area contributed by atoms with E-state index in [4.69, 9.17) is 0 Å². The number of carbonyl (C=O) groups excluding carboxylic acids is 1. The smallest absolute Gasteiger partial charge is 0.142 e. The van der Waals surface area contributed by atoms with Crippen LogP contribution < -0.4 is 10.4 Å². The first kappa shape index (κ1) is 13.2. The summed E-state index contributed by atoms with van der Waals surface area (Å²) in [6.07, 6.45) is 4.94. The number of benzene rings is 1. The third kappa shape index (κ3) is 2.12. The van der Waals surface area contributed by atoms with Crippen molar-refractivity contribution >= 4 is 39.0 Å². The molecule has 0 saturated carbocycles. The van der Waals surface area contributed by atoms with Crippen molar-refractivity contribution < 1.29 is 9.90 Å². The van der Waals surface area contributed by atoms with Crippen LogP contribution in [0.2, 0.25) is 0 Å². The fourth-order valence-corrected chi connectivity index (χ4v) is 4.08. The minimum atomic E-state index is -1.17. The lowest BCUT2D eigenvalue weighted by molar-refractivity contribution is -0.255. The molecule has 5 nitrogen and oxygen atoms in total. The Morgan fingerprint density at radius 3 is 2.77 bits per heavy atom. The molecule has 0 atom stereocenters. The highest BCUT2D eigenvalue weighted by Gasteiger charge is 2.21.